The second-order valence-corrected chi connectivity index (χ2v) is 10.7. The van der Waals surface area contributed by atoms with E-state index >= 15 is 0 Å². The molecule has 51 heavy (non-hydrogen) atoms. The van der Waals surface area contributed by atoms with Gasteiger partial charge < -0.3 is 47.4 Å². The summed E-state index contributed by atoms with van der Waals surface area (Å²) in [5.41, 5.74) is 0. The fraction of sp³-hybridized carbons (Fsp3) is 0.758. The Hall–Kier alpha value is -4.32. The molecule has 1 unspecified atom stereocenters. The van der Waals surface area contributed by atoms with Crippen molar-refractivity contribution in [3.05, 3.63) is 0 Å². The van der Waals surface area contributed by atoms with Crippen molar-refractivity contribution in [3.63, 3.8) is 0 Å². The van der Waals surface area contributed by atoms with Gasteiger partial charge in [-0.05, 0) is 32.6 Å². The molecule has 0 radical (unpaired) electrons. The average Bonchev–Trinajstić information content (AvgIpc) is 3.08. The molecular weight excluding hydrogens is 684 g/mol. The monoisotopic (exact) mass is 736 g/mol. The Morgan fingerprint density at radius 1 is 0.353 bits per heavy atom. The van der Waals surface area contributed by atoms with Crippen LogP contribution in [-0.2, 0) is 85.7 Å². The molecule has 0 bridgehead atoms. The summed E-state index contributed by atoms with van der Waals surface area (Å²) in [5, 5.41) is 0. The van der Waals surface area contributed by atoms with Crippen LogP contribution in [0.15, 0.2) is 0 Å². The molecule has 0 aliphatic rings. The van der Waals surface area contributed by atoms with Gasteiger partial charge in [0.2, 0.25) is 0 Å². The third kappa shape index (κ3) is 31.4. The first-order valence-corrected chi connectivity index (χ1v) is 16.7. The van der Waals surface area contributed by atoms with E-state index in [2.05, 4.69) is 0 Å². The standard InChI is InChI=1S/C33H52O18/c1-25(51-33(41)15-7-13-31(39)49-23-22-47-29(37)11-5-9-27(35)45-19-17-43-3)24-50-32(40)14-6-12-30(38)48-21-20-46-28(36)10-4-8-26(34)44-18-16-42-2/h25H,4-24H2,1-3H3. The summed E-state index contributed by atoms with van der Waals surface area (Å²) in [6.07, 6.45) is -0.0790. The molecule has 0 spiro atoms. The minimum Gasteiger partial charge on any atom is -0.463 e. The van der Waals surface area contributed by atoms with Gasteiger partial charge in [0.25, 0.3) is 0 Å². The third-order valence-corrected chi connectivity index (χ3v) is 6.18. The Balaban J connectivity index is 3.79. The zero-order valence-corrected chi connectivity index (χ0v) is 29.8. The molecule has 0 aliphatic heterocycles. The quantitative estimate of drug-likeness (QED) is 0.0560. The fourth-order valence-corrected chi connectivity index (χ4v) is 3.64. The first kappa shape index (κ1) is 46.7. The zero-order valence-electron chi connectivity index (χ0n) is 29.8. The summed E-state index contributed by atoms with van der Waals surface area (Å²) in [6.45, 7) is 1.57. The molecule has 0 amide bonds. The third-order valence-electron chi connectivity index (χ3n) is 6.18. The van der Waals surface area contributed by atoms with Gasteiger partial charge >= 0.3 is 47.8 Å². The van der Waals surface area contributed by atoms with Gasteiger partial charge in [0.15, 0.2) is 0 Å². The minimum absolute atomic E-state index is 0.00857. The van der Waals surface area contributed by atoms with Crippen LogP contribution in [0.2, 0.25) is 0 Å². The Kier molecular flexibility index (Phi) is 29.0. The van der Waals surface area contributed by atoms with Gasteiger partial charge in [-0.3, -0.25) is 38.4 Å². The predicted octanol–water partition coefficient (Wildman–Crippen LogP) is 1.69. The van der Waals surface area contributed by atoms with E-state index < -0.39 is 53.9 Å². The van der Waals surface area contributed by atoms with Crippen LogP contribution < -0.4 is 0 Å². The highest BCUT2D eigenvalue weighted by Crippen LogP contribution is 2.06. The largest absolute Gasteiger partial charge is 0.463 e. The first-order chi connectivity index (χ1) is 24.5. The predicted molar refractivity (Wildman–Crippen MR) is 171 cm³/mol. The summed E-state index contributed by atoms with van der Waals surface area (Å²) in [7, 11) is 2.97. The Morgan fingerprint density at radius 3 is 0.863 bits per heavy atom. The maximum Gasteiger partial charge on any atom is 0.306 e. The van der Waals surface area contributed by atoms with Crippen LogP contribution in [0.25, 0.3) is 0 Å². The number of esters is 8. The maximum atomic E-state index is 12.0. The number of carbonyl (C=O) groups excluding carboxylic acids is 8. The van der Waals surface area contributed by atoms with E-state index in [9.17, 15) is 38.4 Å². The van der Waals surface area contributed by atoms with Crippen LogP contribution in [0, 0.1) is 0 Å². The molecule has 18 nitrogen and oxygen atoms in total. The van der Waals surface area contributed by atoms with Crippen LogP contribution in [0.5, 0.6) is 0 Å². The van der Waals surface area contributed by atoms with E-state index in [4.69, 9.17) is 47.4 Å². The van der Waals surface area contributed by atoms with E-state index in [1.165, 1.54) is 21.1 Å². The Morgan fingerprint density at radius 2 is 0.588 bits per heavy atom. The van der Waals surface area contributed by atoms with Gasteiger partial charge in [-0.2, -0.15) is 0 Å². The van der Waals surface area contributed by atoms with Crippen LogP contribution in [-0.4, -0.2) is 128 Å². The van der Waals surface area contributed by atoms with E-state index in [0.29, 0.717) is 0 Å². The van der Waals surface area contributed by atoms with Crippen molar-refractivity contribution in [2.75, 3.05) is 73.7 Å². The first-order valence-electron chi connectivity index (χ1n) is 16.7. The van der Waals surface area contributed by atoms with Crippen LogP contribution in [0.3, 0.4) is 0 Å². The average molecular weight is 737 g/mol. The maximum absolute atomic E-state index is 12.0. The van der Waals surface area contributed by atoms with Gasteiger partial charge in [0.1, 0.15) is 52.4 Å². The topological polar surface area (TPSA) is 229 Å². The van der Waals surface area contributed by atoms with Crippen molar-refractivity contribution in [1.29, 1.82) is 0 Å². The number of hydrogen-bond acceptors (Lipinski definition) is 18. The second kappa shape index (κ2) is 31.6. The molecular formula is C33H52O18. The molecule has 0 N–H and O–H groups in total. The molecule has 0 fully saturated rings. The Labute approximate surface area is 297 Å². The fourth-order valence-electron chi connectivity index (χ4n) is 3.64. The van der Waals surface area contributed by atoms with E-state index in [1.54, 1.807) is 0 Å². The summed E-state index contributed by atoms with van der Waals surface area (Å²) in [6, 6.07) is 0. The molecule has 18 heteroatoms. The number of hydrogen-bond donors (Lipinski definition) is 0. The highest BCUT2D eigenvalue weighted by molar-refractivity contribution is 5.74. The zero-order chi connectivity index (χ0) is 38.1. The van der Waals surface area contributed by atoms with Crippen molar-refractivity contribution in [2.45, 2.75) is 90.1 Å². The van der Waals surface area contributed by atoms with Gasteiger partial charge in [-0.1, -0.05) is 0 Å². The van der Waals surface area contributed by atoms with Gasteiger partial charge in [0, 0.05) is 65.6 Å². The number of ether oxygens (including phenoxy) is 10. The summed E-state index contributed by atoms with van der Waals surface area (Å²) < 4.78 is 49.2. The lowest BCUT2D eigenvalue weighted by Crippen LogP contribution is -2.22. The molecule has 0 saturated carbocycles. The highest BCUT2D eigenvalue weighted by atomic mass is 16.6. The van der Waals surface area contributed by atoms with E-state index in [-0.39, 0.29) is 137 Å². The number of carbonyl (C=O) groups is 8. The second-order valence-electron chi connectivity index (χ2n) is 10.7. The van der Waals surface area contributed by atoms with Crippen molar-refractivity contribution in [2.24, 2.45) is 0 Å². The van der Waals surface area contributed by atoms with Crippen molar-refractivity contribution in [1.82, 2.24) is 0 Å². The lowest BCUT2D eigenvalue weighted by atomic mass is 10.2. The molecule has 0 aromatic carbocycles. The molecule has 1 atom stereocenters. The van der Waals surface area contributed by atoms with E-state index in [0.717, 1.165) is 0 Å². The van der Waals surface area contributed by atoms with Crippen molar-refractivity contribution in [3.8, 4) is 0 Å². The smallest absolute Gasteiger partial charge is 0.306 e. The van der Waals surface area contributed by atoms with Crippen molar-refractivity contribution < 1.29 is 85.7 Å². The minimum atomic E-state index is -0.744. The molecule has 0 saturated heterocycles. The van der Waals surface area contributed by atoms with Crippen LogP contribution in [0.1, 0.15) is 84.0 Å². The van der Waals surface area contributed by atoms with Gasteiger partial charge in [-0.25, -0.2) is 0 Å². The SMILES string of the molecule is COCCOC(=O)CCCC(=O)OCCOC(=O)CCCC(=O)OCC(C)OC(=O)CCCC(=O)OCCOC(=O)CCCC(=O)OCCOC. The van der Waals surface area contributed by atoms with Crippen molar-refractivity contribution >= 4 is 47.8 Å². The molecule has 0 aromatic heterocycles. The van der Waals surface area contributed by atoms with Crippen LogP contribution >= 0.6 is 0 Å². The summed E-state index contributed by atoms with van der Waals surface area (Å²) in [4.78, 5) is 93.8. The molecule has 0 heterocycles. The number of methoxy groups -OCH3 is 2. The van der Waals surface area contributed by atoms with Crippen LogP contribution in [0.4, 0.5) is 0 Å². The molecule has 292 valence electrons. The van der Waals surface area contributed by atoms with Gasteiger partial charge in [0.05, 0.1) is 13.2 Å². The summed E-state index contributed by atoms with van der Waals surface area (Å²) >= 11 is 0. The molecule has 0 aromatic rings. The lowest BCUT2D eigenvalue weighted by Gasteiger charge is -2.13. The number of rotatable bonds is 31. The molecule has 0 rings (SSSR count). The lowest BCUT2D eigenvalue weighted by molar-refractivity contribution is -0.158. The van der Waals surface area contributed by atoms with E-state index in [1.807, 2.05) is 0 Å². The molecule has 0 aliphatic carbocycles. The van der Waals surface area contributed by atoms with Gasteiger partial charge in [-0.15, -0.1) is 0 Å². The Bertz CT molecular complexity index is 1060. The highest BCUT2D eigenvalue weighted by Gasteiger charge is 2.15. The normalized spacial score (nSPS) is 11.0. The summed E-state index contributed by atoms with van der Waals surface area (Å²) in [5.74, 6) is -4.35.